The number of aryl methyl sites for hydroxylation is 1. The highest BCUT2D eigenvalue weighted by Gasteiger charge is 2.09. The molecule has 0 spiro atoms. The Bertz CT molecular complexity index is 921. The zero-order chi connectivity index (χ0) is 18.5. The molecule has 26 heavy (non-hydrogen) atoms. The number of carbonyl (C=O) groups is 1. The van der Waals surface area contributed by atoms with Gasteiger partial charge in [0.1, 0.15) is 5.75 Å². The summed E-state index contributed by atoms with van der Waals surface area (Å²) < 4.78 is 6.27. The number of benzene rings is 2. The molecule has 0 radical (unpaired) electrons. The number of rotatable bonds is 6. The summed E-state index contributed by atoms with van der Waals surface area (Å²) in [5, 5.41) is 7.01. The number of ether oxygens (including phenoxy) is 1. The van der Waals surface area contributed by atoms with Crippen LogP contribution in [0.1, 0.15) is 16.8 Å². The van der Waals surface area contributed by atoms with Gasteiger partial charge in [-0.15, -0.1) is 0 Å². The number of H-pyrrole nitrogens is 1. The summed E-state index contributed by atoms with van der Waals surface area (Å²) in [7, 11) is 1.62. The second-order valence-corrected chi connectivity index (χ2v) is 7.01. The number of amides is 2. The number of hydrogen-bond acceptors (Lipinski definition) is 2. The third-order valence-corrected chi connectivity index (χ3v) is 4.86. The monoisotopic (exact) mass is 415 g/mol. The van der Waals surface area contributed by atoms with Gasteiger partial charge in [-0.1, -0.05) is 34.1 Å². The van der Waals surface area contributed by atoms with Crippen LogP contribution in [0.2, 0.25) is 0 Å². The number of aromatic nitrogens is 1. The van der Waals surface area contributed by atoms with Crippen molar-refractivity contribution in [3.63, 3.8) is 0 Å². The average Bonchev–Trinajstić information content (AvgIpc) is 2.95. The van der Waals surface area contributed by atoms with Crippen LogP contribution in [0, 0.1) is 6.92 Å². The number of para-hydroxylation sites is 1. The highest BCUT2D eigenvalue weighted by molar-refractivity contribution is 9.10. The lowest BCUT2D eigenvalue weighted by molar-refractivity contribution is 0.240. The Labute approximate surface area is 161 Å². The highest BCUT2D eigenvalue weighted by atomic mass is 79.9. The number of nitrogens with one attached hydrogen (secondary N) is 3. The molecule has 3 aromatic rings. The molecule has 0 aliphatic rings. The molecule has 1 heterocycles. The molecular formula is C20H22BrN3O2. The number of carbonyl (C=O) groups excluding carboxylic acids is 1. The van der Waals surface area contributed by atoms with Gasteiger partial charge in [0, 0.05) is 39.7 Å². The van der Waals surface area contributed by atoms with E-state index >= 15 is 0 Å². The van der Waals surface area contributed by atoms with Gasteiger partial charge in [-0.2, -0.15) is 0 Å². The van der Waals surface area contributed by atoms with Crippen molar-refractivity contribution >= 4 is 32.9 Å². The van der Waals surface area contributed by atoms with Crippen molar-refractivity contribution in [2.75, 3.05) is 13.7 Å². The first-order valence-corrected chi connectivity index (χ1v) is 9.28. The van der Waals surface area contributed by atoms with Crippen molar-refractivity contribution < 1.29 is 9.53 Å². The van der Waals surface area contributed by atoms with Crippen molar-refractivity contribution in [2.24, 2.45) is 0 Å². The van der Waals surface area contributed by atoms with Crippen molar-refractivity contribution in [3.05, 3.63) is 63.8 Å². The highest BCUT2D eigenvalue weighted by Crippen LogP contribution is 2.23. The Morgan fingerprint density at radius 3 is 2.81 bits per heavy atom. The van der Waals surface area contributed by atoms with Crippen LogP contribution >= 0.6 is 15.9 Å². The zero-order valence-electron chi connectivity index (χ0n) is 14.9. The second kappa shape index (κ2) is 8.27. The predicted octanol–water partition coefficient (Wildman–Crippen LogP) is 4.29. The largest absolute Gasteiger partial charge is 0.496 e. The summed E-state index contributed by atoms with van der Waals surface area (Å²) in [4.78, 5) is 15.5. The van der Waals surface area contributed by atoms with Gasteiger partial charge < -0.3 is 20.4 Å². The Balaban J connectivity index is 1.53. The van der Waals surface area contributed by atoms with Crippen LogP contribution < -0.4 is 15.4 Å². The van der Waals surface area contributed by atoms with Crippen molar-refractivity contribution in [3.8, 4) is 5.75 Å². The van der Waals surface area contributed by atoms with Crippen LogP contribution in [0.4, 0.5) is 4.79 Å². The molecule has 0 saturated heterocycles. The number of fused-ring (bicyclic) bond motifs is 1. The molecule has 0 aliphatic heterocycles. The Kier molecular flexibility index (Phi) is 5.83. The molecule has 0 aliphatic carbocycles. The fourth-order valence-corrected chi connectivity index (χ4v) is 3.49. The SMILES string of the molecule is COc1ccc(Br)cc1CNC(=O)NCCc1c(C)[nH]c2ccccc12. The van der Waals surface area contributed by atoms with Crippen LogP contribution in [0.5, 0.6) is 5.75 Å². The van der Waals surface area contributed by atoms with E-state index in [4.69, 9.17) is 4.74 Å². The third kappa shape index (κ3) is 4.19. The second-order valence-electron chi connectivity index (χ2n) is 6.09. The Morgan fingerprint density at radius 1 is 1.19 bits per heavy atom. The van der Waals surface area contributed by atoms with E-state index < -0.39 is 0 Å². The van der Waals surface area contributed by atoms with Crippen LogP contribution in [-0.4, -0.2) is 24.7 Å². The van der Waals surface area contributed by atoms with Gasteiger partial charge in [0.05, 0.1) is 7.11 Å². The van der Waals surface area contributed by atoms with Crippen LogP contribution in [0.15, 0.2) is 46.9 Å². The van der Waals surface area contributed by atoms with E-state index in [2.05, 4.69) is 50.6 Å². The molecule has 3 N–H and O–H groups in total. The van der Waals surface area contributed by atoms with Gasteiger partial charge in [-0.3, -0.25) is 0 Å². The zero-order valence-corrected chi connectivity index (χ0v) is 16.4. The van der Waals surface area contributed by atoms with E-state index in [9.17, 15) is 4.79 Å². The van der Waals surface area contributed by atoms with E-state index in [0.717, 1.165) is 33.4 Å². The van der Waals surface area contributed by atoms with Gasteiger partial charge in [0.25, 0.3) is 0 Å². The number of halogens is 1. The van der Waals surface area contributed by atoms with Gasteiger partial charge in [0.15, 0.2) is 0 Å². The van der Waals surface area contributed by atoms with Crippen molar-refractivity contribution in [2.45, 2.75) is 19.9 Å². The van der Waals surface area contributed by atoms with E-state index in [1.54, 1.807) is 7.11 Å². The van der Waals surface area contributed by atoms with Crippen molar-refractivity contribution in [1.82, 2.24) is 15.6 Å². The maximum Gasteiger partial charge on any atom is 0.315 e. The lowest BCUT2D eigenvalue weighted by Gasteiger charge is -2.11. The predicted molar refractivity (Wildman–Crippen MR) is 108 cm³/mol. The van der Waals surface area contributed by atoms with E-state index in [1.165, 1.54) is 10.9 Å². The van der Waals surface area contributed by atoms with Crippen molar-refractivity contribution in [1.29, 1.82) is 0 Å². The van der Waals surface area contributed by atoms with E-state index in [0.29, 0.717) is 13.1 Å². The number of urea groups is 1. The van der Waals surface area contributed by atoms with E-state index in [1.807, 2.05) is 30.3 Å². The molecule has 0 atom stereocenters. The number of aromatic amines is 1. The number of methoxy groups -OCH3 is 1. The maximum absolute atomic E-state index is 12.1. The summed E-state index contributed by atoms with van der Waals surface area (Å²) in [6.45, 7) is 3.04. The van der Waals surface area contributed by atoms with Gasteiger partial charge in [-0.05, 0) is 43.2 Å². The summed E-state index contributed by atoms with van der Waals surface area (Å²) >= 11 is 3.44. The minimum absolute atomic E-state index is 0.190. The fourth-order valence-electron chi connectivity index (χ4n) is 3.08. The Morgan fingerprint density at radius 2 is 2.00 bits per heavy atom. The lowest BCUT2D eigenvalue weighted by Crippen LogP contribution is -2.36. The first-order valence-electron chi connectivity index (χ1n) is 8.49. The normalized spacial score (nSPS) is 10.7. The summed E-state index contributed by atoms with van der Waals surface area (Å²) in [5.74, 6) is 0.753. The first kappa shape index (κ1) is 18.3. The minimum Gasteiger partial charge on any atom is -0.496 e. The lowest BCUT2D eigenvalue weighted by atomic mass is 10.1. The standard InChI is InChI=1S/C20H22BrN3O2/c1-13-16(17-5-3-4-6-18(17)24-13)9-10-22-20(25)23-12-14-11-15(21)7-8-19(14)26-2/h3-8,11,24H,9-10,12H2,1-2H3,(H2,22,23,25). The number of hydrogen-bond donors (Lipinski definition) is 3. The molecule has 6 heteroatoms. The molecule has 2 amide bonds. The molecule has 0 unspecified atom stereocenters. The van der Waals surface area contributed by atoms with Crippen LogP contribution in [0.25, 0.3) is 10.9 Å². The Hall–Kier alpha value is -2.47. The molecular weight excluding hydrogens is 394 g/mol. The van der Waals surface area contributed by atoms with Gasteiger partial charge >= 0.3 is 6.03 Å². The quantitative estimate of drug-likeness (QED) is 0.561. The molecule has 5 nitrogen and oxygen atoms in total. The molecule has 0 fully saturated rings. The van der Waals surface area contributed by atoms with Gasteiger partial charge in [0.2, 0.25) is 0 Å². The van der Waals surface area contributed by atoms with Crippen LogP contribution in [-0.2, 0) is 13.0 Å². The summed E-state index contributed by atoms with van der Waals surface area (Å²) in [6, 6.07) is 13.8. The summed E-state index contributed by atoms with van der Waals surface area (Å²) in [5.41, 5.74) is 4.44. The molecule has 0 bridgehead atoms. The molecule has 2 aromatic carbocycles. The minimum atomic E-state index is -0.190. The van der Waals surface area contributed by atoms with E-state index in [-0.39, 0.29) is 6.03 Å². The van der Waals surface area contributed by atoms with Gasteiger partial charge in [-0.25, -0.2) is 4.79 Å². The third-order valence-electron chi connectivity index (χ3n) is 4.37. The topological polar surface area (TPSA) is 66.2 Å². The smallest absolute Gasteiger partial charge is 0.315 e. The van der Waals surface area contributed by atoms with Crippen LogP contribution in [0.3, 0.4) is 0 Å². The summed E-state index contributed by atoms with van der Waals surface area (Å²) in [6.07, 6.45) is 0.781. The average molecular weight is 416 g/mol. The molecule has 3 rings (SSSR count). The first-order chi connectivity index (χ1) is 12.6. The molecule has 136 valence electrons. The molecule has 1 aromatic heterocycles. The maximum atomic E-state index is 12.1. The fraction of sp³-hybridized carbons (Fsp3) is 0.250. The molecule has 0 saturated carbocycles.